The SMILES string of the molecule is c1ccc(-c2cc(-c3ccnc(-c4c(-n5c6ccccc6c6ccccc65)c(-n5c6ccccc6c6ccccc65)c(-n5c6ccccc6c6ccccc65)c5c4c4c(-c6ccccc6)c(-c6ccccc6)c(-c6ccccc6)c(-c6ccccc6)c4n5-c4ccccc4)n3)nc(-c3ccccc3)n2)cc1. The van der Waals surface area contributed by atoms with E-state index in [1.54, 1.807) is 0 Å². The maximum Gasteiger partial charge on any atom is 0.162 e. The topological polar surface area (TPSA) is 71.3 Å². The average molecular weight is 1350 g/mol. The summed E-state index contributed by atoms with van der Waals surface area (Å²) in [5.41, 5.74) is 25.1. The molecule has 21 rings (SSSR count). The summed E-state index contributed by atoms with van der Waals surface area (Å²) in [5, 5.41) is 8.67. The van der Waals surface area contributed by atoms with Crippen molar-refractivity contribution in [1.82, 2.24) is 38.2 Å². The van der Waals surface area contributed by atoms with E-state index >= 15 is 0 Å². The van der Waals surface area contributed by atoms with Crippen LogP contribution >= 0.6 is 0 Å². The summed E-state index contributed by atoms with van der Waals surface area (Å²) in [5.74, 6) is 1.08. The lowest BCUT2D eigenvalue weighted by Crippen LogP contribution is -2.13. The van der Waals surface area contributed by atoms with Gasteiger partial charge in [0.1, 0.15) is 0 Å². The Hall–Kier alpha value is -14.3. The Morgan fingerprint density at radius 3 is 0.962 bits per heavy atom. The molecule has 0 aliphatic rings. The summed E-state index contributed by atoms with van der Waals surface area (Å²) >= 11 is 0. The molecule has 0 saturated carbocycles. The van der Waals surface area contributed by atoms with Crippen molar-refractivity contribution in [2.75, 3.05) is 0 Å². The largest absolute Gasteiger partial charge is 0.306 e. The van der Waals surface area contributed by atoms with E-state index in [9.17, 15) is 0 Å². The molecule has 0 spiro atoms. The van der Waals surface area contributed by atoms with Crippen molar-refractivity contribution >= 4 is 87.2 Å². The van der Waals surface area contributed by atoms with Gasteiger partial charge in [0.15, 0.2) is 11.6 Å². The first kappa shape index (κ1) is 60.4. The molecular weight excluding hydrogens is 1290 g/mol. The van der Waals surface area contributed by atoms with Crippen LogP contribution in [0.25, 0.3) is 200 Å². The molecule has 494 valence electrons. The summed E-state index contributed by atoms with van der Waals surface area (Å²) in [6.45, 7) is 0. The van der Waals surface area contributed by atoms with Gasteiger partial charge in [-0.25, -0.2) is 19.9 Å². The number of fused-ring (bicyclic) bond motifs is 12. The van der Waals surface area contributed by atoms with Crippen LogP contribution in [0.2, 0.25) is 0 Å². The zero-order valence-corrected chi connectivity index (χ0v) is 57.4. The molecule has 0 fully saturated rings. The Kier molecular flexibility index (Phi) is 14.1. The van der Waals surface area contributed by atoms with Crippen molar-refractivity contribution < 1.29 is 0 Å². The molecule has 6 heterocycles. The van der Waals surface area contributed by atoms with Crippen LogP contribution < -0.4 is 0 Å². The number of aromatic nitrogens is 8. The number of para-hydroxylation sites is 7. The summed E-state index contributed by atoms with van der Waals surface area (Å²) in [4.78, 5) is 22.9. The molecule has 0 aliphatic carbocycles. The molecule has 106 heavy (non-hydrogen) atoms. The summed E-state index contributed by atoms with van der Waals surface area (Å²) < 4.78 is 10.4. The molecule has 0 unspecified atom stereocenters. The molecule has 6 aromatic heterocycles. The smallest absolute Gasteiger partial charge is 0.162 e. The zero-order chi connectivity index (χ0) is 69.8. The average Bonchev–Trinajstić information content (AvgIpc) is 1.50. The number of rotatable bonds is 12. The summed E-state index contributed by atoms with van der Waals surface area (Å²) in [6.07, 6.45) is 1.94. The third-order valence-electron chi connectivity index (χ3n) is 21.2. The Bertz CT molecular complexity index is 6810. The number of hydrogen-bond donors (Lipinski definition) is 0. The third-order valence-corrected chi connectivity index (χ3v) is 21.2. The van der Waals surface area contributed by atoms with Crippen molar-refractivity contribution in [3.8, 4) is 113 Å². The highest BCUT2D eigenvalue weighted by molar-refractivity contribution is 6.33. The van der Waals surface area contributed by atoms with Gasteiger partial charge in [0.05, 0.1) is 83.8 Å². The van der Waals surface area contributed by atoms with Crippen LogP contribution in [0.3, 0.4) is 0 Å². The fourth-order valence-corrected chi connectivity index (χ4v) is 16.9. The summed E-state index contributed by atoms with van der Waals surface area (Å²) in [6, 6.07) is 134. The lowest BCUT2D eigenvalue weighted by atomic mass is 9.79. The van der Waals surface area contributed by atoms with Gasteiger partial charge in [-0.3, -0.25) is 0 Å². The van der Waals surface area contributed by atoms with Gasteiger partial charge in [-0.1, -0.05) is 309 Å². The molecule has 0 N–H and O–H groups in total. The number of nitrogens with zero attached hydrogens (tertiary/aromatic N) is 8. The maximum absolute atomic E-state index is 6.18. The maximum atomic E-state index is 6.18. The van der Waals surface area contributed by atoms with Gasteiger partial charge >= 0.3 is 0 Å². The minimum absolute atomic E-state index is 0.497. The molecular formula is C98H62N8. The highest BCUT2D eigenvalue weighted by Crippen LogP contribution is 2.59. The minimum atomic E-state index is 0.497. The van der Waals surface area contributed by atoms with E-state index in [4.69, 9.17) is 19.9 Å². The van der Waals surface area contributed by atoms with E-state index in [0.29, 0.717) is 23.0 Å². The van der Waals surface area contributed by atoms with E-state index < -0.39 is 0 Å². The Labute approximate surface area is 610 Å². The Morgan fingerprint density at radius 2 is 0.519 bits per heavy atom. The monoisotopic (exact) mass is 1350 g/mol. The third kappa shape index (κ3) is 9.41. The molecule has 0 atom stereocenters. The first-order chi connectivity index (χ1) is 52.7. The molecule has 0 amide bonds. The quantitative estimate of drug-likeness (QED) is 0.122. The lowest BCUT2D eigenvalue weighted by Gasteiger charge is -2.27. The van der Waals surface area contributed by atoms with Gasteiger partial charge in [-0.15, -0.1) is 0 Å². The second-order valence-electron chi connectivity index (χ2n) is 27.1. The predicted molar refractivity (Wildman–Crippen MR) is 438 cm³/mol. The second kappa shape index (κ2) is 24.7. The van der Waals surface area contributed by atoms with Crippen molar-refractivity contribution in [3.63, 3.8) is 0 Å². The minimum Gasteiger partial charge on any atom is -0.306 e. The van der Waals surface area contributed by atoms with Crippen LogP contribution in [0.4, 0.5) is 0 Å². The number of hydrogen-bond acceptors (Lipinski definition) is 4. The van der Waals surface area contributed by atoms with Crippen molar-refractivity contribution in [3.05, 3.63) is 376 Å². The predicted octanol–water partition coefficient (Wildman–Crippen LogP) is 25.0. The lowest BCUT2D eigenvalue weighted by molar-refractivity contribution is 1.04. The van der Waals surface area contributed by atoms with Gasteiger partial charge in [-0.05, 0) is 88.5 Å². The van der Waals surface area contributed by atoms with Crippen LogP contribution in [0.1, 0.15) is 0 Å². The van der Waals surface area contributed by atoms with E-state index in [1.165, 1.54) is 0 Å². The van der Waals surface area contributed by atoms with Crippen molar-refractivity contribution in [1.29, 1.82) is 0 Å². The van der Waals surface area contributed by atoms with E-state index in [1.807, 2.05) is 36.5 Å². The molecule has 0 bridgehead atoms. The summed E-state index contributed by atoms with van der Waals surface area (Å²) in [7, 11) is 0. The van der Waals surface area contributed by atoms with E-state index in [0.717, 1.165) is 177 Å². The molecule has 0 radical (unpaired) electrons. The van der Waals surface area contributed by atoms with Gasteiger partial charge in [0, 0.05) is 82.8 Å². The molecule has 0 aliphatic heterocycles. The van der Waals surface area contributed by atoms with Crippen LogP contribution in [0.15, 0.2) is 376 Å². The highest BCUT2D eigenvalue weighted by Gasteiger charge is 2.38. The molecule has 0 saturated heterocycles. The van der Waals surface area contributed by atoms with Crippen molar-refractivity contribution in [2.24, 2.45) is 0 Å². The Balaban J connectivity index is 1.12. The van der Waals surface area contributed by atoms with Gasteiger partial charge in [0.2, 0.25) is 0 Å². The molecule has 15 aromatic carbocycles. The van der Waals surface area contributed by atoms with Gasteiger partial charge in [0.25, 0.3) is 0 Å². The van der Waals surface area contributed by atoms with E-state index in [2.05, 4.69) is 358 Å². The second-order valence-corrected chi connectivity index (χ2v) is 27.1. The van der Waals surface area contributed by atoms with Crippen LogP contribution in [0, 0.1) is 0 Å². The first-order valence-electron chi connectivity index (χ1n) is 36.0. The fraction of sp³-hybridized carbons (Fsp3) is 0. The van der Waals surface area contributed by atoms with Crippen LogP contribution in [0.5, 0.6) is 0 Å². The highest BCUT2D eigenvalue weighted by atomic mass is 15.1. The fourth-order valence-electron chi connectivity index (χ4n) is 16.9. The molecule has 8 heteroatoms. The molecule has 8 nitrogen and oxygen atoms in total. The van der Waals surface area contributed by atoms with E-state index in [-0.39, 0.29) is 0 Å². The standard InChI is InChI=1S/C98H62N8/c1-8-34-63(35-9-1)77-62-78(102-97(101-77)68-44-18-6-19-45-68)76-60-61-99-98(100-76)91-90-89-87(66-40-14-4-15-41-66)85(64-36-10-2-11-37-64)86(65-38-12-3-13-39-65)88(67-42-16-5-17-43-67)92(89)103(69-46-20-7-21-47-69)93(90)95(105-81-56-30-24-50-72(81)73-51-25-31-57-82(73)105)96(106-83-58-32-26-52-74(83)75-53-27-33-59-84(75)106)94(91)104-79-54-28-22-48-70(79)71-49-23-29-55-80(71)104/h1-62H. The normalized spacial score (nSPS) is 11.8. The Morgan fingerprint density at radius 1 is 0.198 bits per heavy atom. The zero-order valence-electron chi connectivity index (χ0n) is 57.4. The van der Waals surface area contributed by atoms with Gasteiger partial charge in [-0.2, -0.15) is 0 Å². The van der Waals surface area contributed by atoms with Crippen LogP contribution in [-0.2, 0) is 0 Å². The van der Waals surface area contributed by atoms with Gasteiger partial charge < -0.3 is 18.3 Å². The van der Waals surface area contributed by atoms with Crippen molar-refractivity contribution in [2.45, 2.75) is 0 Å². The first-order valence-corrected chi connectivity index (χ1v) is 36.0. The van der Waals surface area contributed by atoms with Crippen LogP contribution in [-0.4, -0.2) is 38.2 Å². The molecule has 21 aromatic rings. The number of benzene rings is 15.